The summed E-state index contributed by atoms with van der Waals surface area (Å²) in [5.74, 6) is -0.265. The van der Waals surface area contributed by atoms with Crippen LogP contribution in [0.3, 0.4) is 0 Å². The quantitative estimate of drug-likeness (QED) is 0.651. The van der Waals surface area contributed by atoms with Crippen molar-refractivity contribution in [3.8, 4) is 11.3 Å². The molecular weight excluding hydrogens is 340 g/mol. The van der Waals surface area contributed by atoms with E-state index in [4.69, 9.17) is 11.6 Å². The van der Waals surface area contributed by atoms with Crippen molar-refractivity contribution in [1.29, 1.82) is 0 Å². The molecule has 1 aromatic heterocycles. The summed E-state index contributed by atoms with van der Waals surface area (Å²) >= 11 is 7.38. The van der Waals surface area contributed by atoms with E-state index in [9.17, 15) is 4.79 Å². The van der Waals surface area contributed by atoms with Crippen LogP contribution in [0, 0.1) is 13.8 Å². The molecular formula is C19H17ClN2OS. The van der Waals surface area contributed by atoms with Gasteiger partial charge in [0.05, 0.1) is 5.69 Å². The third-order valence-electron chi connectivity index (χ3n) is 3.81. The molecule has 0 unspecified atom stereocenters. The number of hydrogen-bond acceptors (Lipinski definition) is 2. The van der Waals surface area contributed by atoms with Gasteiger partial charge in [-0.2, -0.15) is 4.99 Å². The summed E-state index contributed by atoms with van der Waals surface area (Å²) in [5, 5.41) is 0.603. The van der Waals surface area contributed by atoms with Gasteiger partial charge in [0.1, 0.15) is 0 Å². The second-order valence-corrected chi connectivity index (χ2v) is 7.26. The molecule has 0 saturated heterocycles. The Morgan fingerprint density at radius 2 is 1.67 bits per heavy atom. The molecule has 0 atom stereocenters. The highest BCUT2D eigenvalue weighted by Crippen LogP contribution is 2.24. The highest BCUT2D eigenvalue weighted by Gasteiger charge is 2.11. The third-order valence-corrected chi connectivity index (χ3v) is 5.11. The average molecular weight is 357 g/mol. The molecule has 3 rings (SSSR count). The second-order valence-electron chi connectivity index (χ2n) is 5.64. The van der Waals surface area contributed by atoms with Crippen LogP contribution < -0.4 is 4.80 Å². The van der Waals surface area contributed by atoms with Crippen LogP contribution in [0.2, 0.25) is 5.02 Å². The van der Waals surface area contributed by atoms with E-state index >= 15 is 0 Å². The fourth-order valence-electron chi connectivity index (χ4n) is 2.54. The van der Waals surface area contributed by atoms with Gasteiger partial charge in [-0.3, -0.25) is 4.79 Å². The molecule has 3 nitrogen and oxygen atoms in total. The molecule has 3 aromatic rings. The molecule has 0 spiro atoms. The molecule has 0 aliphatic heterocycles. The van der Waals surface area contributed by atoms with E-state index < -0.39 is 0 Å². The molecule has 2 aromatic carbocycles. The fourth-order valence-corrected chi connectivity index (χ4v) is 3.64. The minimum Gasteiger partial charge on any atom is -0.319 e. The SMILES string of the molecule is Cc1ccc(-c2c(C)sc(=NC(=O)c3ccc(Cl)cc3)n2C)cc1. The van der Waals surface area contributed by atoms with Crippen LogP contribution in [0.25, 0.3) is 11.3 Å². The van der Waals surface area contributed by atoms with Gasteiger partial charge in [0.2, 0.25) is 0 Å². The van der Waals surface area contributed by atoms with E-state index in [0.717, 1.165) is 16.1 Å². The Hall–Kier alpha value is -2.17. The maximum absolute atomic E-state index is 12.4. The zero-order valence-corrected chi connectivity index (χ0v) is 15.3. The van der Waals surface area contributed by atoms with Gasteiger partial charge in [0.15, 0.2) is 4.80 Å². The Balaban J connectivity index is 2.03. The van der Waals surface area contributed by atoms with E-state index in [-0.39, 0.29) is 5.91 Å². The van der Waals surface area contributed by atoms with E-state index in [1.54, 1.807) is 24.3 Å². The van der Waals surface area contributed by atoms with Gasteiger partial charge in [0.25, 0.3) is 5.91 Å². The molecule has 0 radical (unpaired) electrons. The molecule has 0 aliphatic carbocycles. The summed E-state index contributed by atoms with van der Waals surface area (Å²) in [6.45, 7) is 4.11. The van der Waals surface area contributed by atoms with Gasteiger partial charge >= 0.3 is 0 Å². The van der Waals surface area contributed by atoms with Crippen molar-refractivity contribution in [3.63, 3.8) is 0 Å². The third kappa shape index (κ3) is 3.35. The Kier molecular flexibility index (Phi) is 4.69. The average Bonchev–Trinajstić information content (AvgIpc) is 2.83. The van der Waals surface area contributed by atoms with Crippen molar-refractivity contribution < 1.29 is 4.79 Å². The monoisotopic (exact) mass is 356 g/mol. The normalized spacial score (nSPS) is 11.8. The minimum absolute atomic E-state index is 0.265. The van der Waals surface area contributed by atoms with Crippen LogP contribution in [-0.2, 0) is 7.05 Å². The number of nitrogens with zero attached hydrogens (tertiary/aromatic N) is 2. The fraction of sp³-hybridized carbons (Fsp3) is 0.158. The first kappa shape index (κ1) is 16.7. The Morgan fingerprint density at radius 1 is 1.04 bits per heavy atom. The van der Waals surface area contributed by atoms with Crippen molar-refractivity contribution in [1.82, 2.24) is 4.57 Å². The molecule has 0 fully saturated rings. The van der Waals surface area contributed by atoms with Gasteiger partial charge < -0.3 is 4.57 Å². The molecule has 0 aliphatic rings. The lowest BCUT2D eigenvalue weighted by Gasteiger charge is -2.05. The van der Waals surface area contributed by atoms with Gasteiger partial charge in [-0.1, -0.05) is 41.4 Å². The lowest BCUT2D eigenvalue weighted by Crippen LogP contribution is -2.14. The van der Waals surface area contributed by atoms with Crippen LogP contribution in [0.5, 0.6) is 0 Å². The van der Waals surface area contributed by atoms with Crippen LogP contribution in [0.15, 0.2) is 53.5 Å². The molecule has 24 heavy (non-hydrogen) atoms. The number of thiazole rings is 1. The maximum Gasteiger partial charge on any atom is 0.279 e. The number of rotatable bonds is 2. The van der Waals surface area contributed by atoms with Gasteiger partial charge in [0, 0.05) is 22.5 Å². The number of aryl methyl sites for hydroxylation is 2. The Bertz CT molecular complexity index is 951. The van der Waals surface area contributed by atoms with Crippen molar-refractivity contribution in [2.24, 2.45) is 12.0 Å². The van der Waals surface area contributed by atoms with E-state index in [2.05, 4.69) is 36.2 Å². The Labute approximate surface area is 149 Å². The lowest BCUT2D eigenvalue weighted by molar-refractivity contribution is 0.0998. The standard InChI is InChI=1S/C19H17ClN2OS/c1-12-4-6-14(7-5-12)17-13(2)24-19(22(17)3)21-18(23)15-8-10-16(20)11-9-15/h4-11H,1-3H3. The molecule has 0 saturated carbocycles. The lowest BCUT2D eigenvalue weighted by atomic mass is 10.1. The van der Waals surface area contributed by atoms with Crippen molar-refractivity contribution in [2.45, 2.75) is 13.8 Å². The summed E-state index contributed by atoms with van der Waals surface area (Å²) in [4.78, 5) is 18.5. The summed E-state index contributed by atoms with van der Waals surface area (Å²) < 4.78 is 1.97. The predicted octanol–water partition coefficient (Wildman–Crippen LogP) is 4.76. The Morgan fingerprint density at radius 3 is 2.29 bits per heavy atom. The van der Waals surface area contributed by atoms with Gasteiger partial charge in [-0.15, -0.1) is 11.3 Å². The molecule has 0 bridgehead atoms. The first-order valence-electron chi connectivity index (χ1n) is 7.54. The number of benzene rings is 2. The molecule has 5 heteroatoms. The van der Waals surface area contributed by atoms with Crippen LogP contribution in [0.4, 0.5) is 0 Å². The van der Waals surface area contributed by atoms with Crippen LogP contribution in [0.1, 0.15) is 20.8 Å². The van der Waals surface area contributed by atoms with Gasteiger partial charge in [-0.25, -0.2) is 0 Å². The smallest absolute Gasteiger partial charge is 0.279 e. The molecule has 0 N–H and O–H groups in total. The van der Waals surface area contributed by atoms with Crippen LogP contribution >= 0.6 is 22.9 Å². The number of amides is 1. The topological polar surface area (TPSA) is 34.4 Å². The largest absolute Gasteiger partial charge is 0.319 e. The van der Waals surface area contributed by atoms with E-state index in [1.165, 1.54) is 16.9 Å². The summed E-state index contributed by atoms with van der Waals surface area (Å²) in [6.07, 6.45) is 0. The number of halogens is 1. The minimum atomic E-state index is -0.265. The zero-order valence-electron chi connectivity index (χ0n) is 13.7. The second kappa shape index (κ2) is 6.75. The van der Waals surface area contributed by atoms with E-state index in [0.29, 0.717) is 15.4 Å². The highest BCUT2D eigenvalue weighted by atomic mass is 35.5. The number of carbonyl (C=O) groups excluding carboxylic acids is 1. The zero-order chi connectivity index (χ0) is 17.3. The van der Waals surface area contributed by atoms with Crippen molar-refractivity contribution in [3.05, 3.63) is 74.4 Å². The summed E-state index contributed by atoms with van der Waals surface area (Å²) in [6, 6.07) is 15.1. The first-order chi connectivity index (χ1) is 11.5. The molecule has 1 amide bonds. The molecule has 1 heterocycles. The van der Waals surface area contributed by atoms with Crippen LogP contribution in [-0.4, -0.2) is 10.5 Å². The van der Waals surface area contributed by atoms with E-state index in [1.807, 2.05) is 18.5 Å². The van der Waals surface area contributed by atoms with Crippen molar-refractivity contribution in [2.75, 3.05) is 0 Å². The van der Waals surface area contributed by atoms with Gasteiger partial charge in [-0.05, 0) is 43.7 Å². The summed E-state index contributed by atoms with van der Waals surface area (Å²) in [5.41, 5.74) is 3.96. The first-order valence-corrected chi connectivity index (χ1v) is 8.73. The number of aromatic nitrogens is 1. The van der Waals surface area contributed by atoms with Crippen molar-refractivity contribution >= 4 is 28.8 Å². The maximum atomic E-state index is 12.4. The molecule has 122 valence electrons. The number of carbonyl (C=O) groups is 1. The predicted molar refractivity (Wildman–Crippen MR) is 99.5 cm³/mol. The summed E-state index contributed by atoms with van der Waals surface area (Å²) in [7, 11) is 1.94. The highest BCUT2D eigenvalue weighted by molar-refractivity contribution is 7.09. The number of hydrogen-bond donors (Lipinski definition) is 0.